The Morgan fingerprint density at radius 3 is 1.91 bits per heavy atom. The Balaban J connectivity index is 0.901. The molecule has 284 valence electrons. The molecule has 2 aromatic carbocycles. The minimum Gasteiger partial charge on any atom is -0.382 e. The van der Waals surface area contributed by atoms with Gasteiger partial charge in [0.15, 0.2) is 11.6 Å². The summed E-state index contributed by atoms with van der Waals surface area (Å²) < 4.78 is 11.0. The zero-order valence-corrected chi connectivity index (χ0v) is 30.8. The number of hydrogen-bond acceptors (Lipinski definition) is 10. The van der Waals surface area contributed by atoms with Gasteiger partial charge >= 0.3 is 12.1 Å². The van der Waals surface area contributed by atoms with Gasteiger partial charge in [0, 0.05) is 57.8 Å². The predicted molar refractivity (Wildman–Crippen MR) is 211 cm³/mol. The summed E-state index contributed by atoms with van der Waals surface area (Å²) in [5, 5.41) is 28.7. The number of carbonyl (C=O) groups excluding carboxylic acids is 2. The van der Waals surface area contributed by atoms with Gasteiger partial charge in [0.25, 0.3) is 0 Å². The van der Waals surface area contributed by atoms with E-state index < -0.39 is 12.1 Å². The lowest BCUT2D eigenvalue weighted by atomic mass is 9.97. The first-order valence-electron chi connectivity index (χ1n) is 18.5. The van der Waals surface area contributed by atoms with Gasteiger partial charge in [-0.2, -0.15) is 10.2 Å². The van der Waals surface area contributed by atoms with Crippen LogP contribution < -0.4 is 31.1 Å². The molecular formula is C39H44N12O4. The maximum absolute atomic E-state index is 13.2. The Labute approximate surface area is 317 Å². The third-order valence-corrected chi connectivity index (χ3v) is 10.0. The summed E-state index contributed by atoms with van der Waals surface area (Å²) in [6.45, 7) is 6.98. The van der Waals surface area contributed by atoms with Gasteiger partial charge in [-0.3, -0.25) is 20.8 Å². The lowest BCUT2D eigenvalue weighted by Crippen LogP contribution is -2.36. The fraction of sp³-hybridized carbons (Fsp3) is 0.333. The molecule has 6 heterocycles. The van der Waals surface area contributed by atoms with Crippen molar-refractivity contribution in [2.75, 3.05) is 73.5 Å². The smallest absolute Gasteiger partial charge is 0.320 e. The number of fused-ring (bicyclic) bond motifs is 2. The standard InChI is InChI=1S/C39H44N12O4/c1-24(42-38(52)44-34-19-31-29(21-40-34)36(48-46-31)50-11-3-4-12-50)25-7-5-8-26(17-25)27-9-6-10-28(18-27)33(23-54-2)43-39(53)45-35-20-32-30(22-41-35)37(49-47-32)51-13-15-55-16-14-51/h5-10,17-22,24,33H,3-4,11-16,23H2,1-2H3,(H,46,48)(H,47,49)(H2,40,42,44,52)(H2,41,43,45,53)/t24-,33-/m1/s1. The van der Waals surface area contributed by atoms with Gasteiger partial charge in [-0.05, 0) is 54.2 Å². The molecule has 2 aliphatic rings. The molecule has 0 unspecified atom stereocenters. The molecule has 6 aromatic rings. The highest BCUT2D eigenvalue weighted by molar-refractivity contribution is 5.95. The van der Waals surface area contributed by atoms with Crippen LogP contribution in [-0.2, 0) is 9.47 Å². The first-order valence-corrected chi connectivity index (χ1v) is 18.5. The molecule has 6 N–H and O–H groups in total. The molecule has 0 bridgehead atoms. The summed E-state index contributed by atoms with van der Waals surface area (Å²) in [7, 11) is 1.60. The van der Waals surface area contributed by atoms with Crippen LogP contribution in [-0.4, -0.2) is 95.5 Å². The minimum atomic E-state index is -0.442. The Morgan fingerprint density at radius 2 is 1.31 bits per heavy atom. The Kier molecular flexibility index (Phi) is 10.4. The van der Waals surface area contributed by atoms with Gasteiger partial charge in [-0.25, -0.2) is 19.6 Å². The quantitative estimate of drug-likeness (QED) is 0.0956. The zero-order valence-electron chi connectivity index (χ0n) is 30.8. The van der Waals surface area contributed by atoms with Crippen molar-refractivity contribution in [2.24, 2.45) is 0 Å². The summed E-state index contributed by atoms with van der Waals surface area (Å²) >= 11 is 0. The Hall–Kier alpha value is -6.26. The van der Waals surface area contributed by atoms with E-state index in [0.717, 1.165) is 94.7 Å². The molecule has 4 aromatic heterocycles. The highest BCUT2D eigenvalue weighted by Gasteiger charge is 2.21. The molecule has 0 saturated carbocycles. The number of urea groups is 2. The van der Waals surface area contributed by atoms with Crippen LogP contribution in [0.2, 0.25) is 0 Å². The maximum atomic E-state index is 13.2. The molecule has 2 atom stereocenters. The fourth-order valence-electron chi connectivity index (χ4n) is 7.18. The maximum Gasteiger partial charge on any atom is 0.320 e. The number of morpholine rings is 1. The summed E-state index contributed by atoms with van der Waals surface area (Å²) in [6, 6.07) is 18.0. The monoisotopic (exact) mass is 744 g/mol. The van der Waals surface area contributed by atoms with Crippen molar-refractivity contribution in [3.63, 3.8) is 0 Å². The number of pyridine rings is 2. The number of ether oxygens (including phenoxy) is 2. The van der Waals surface area contributed by atoms with Crippen LogP contribution >= 0.6 is 0 Å². The zero-order chi connectivity index (χ0) is 37.7. The van der Waals surface area contributed by atoms with E-state index in [1.165, 1.54) is 0 Å². The van der Waals surface area contributed by atoms with Crippen molar-refractivity contribution in [1.29, 1.82) is 0 Å². The molecule has 16 nitrogen and oxygen atoms in total. The molecule has 0 radical (unpaired) electrons. The number of hydrogen-bond donors (Lipinski definition) is 6. The number of aromatic nitrogens is 6. The molecule has 55 heavy (non-hydrogen) atoms. The third-order valence-electron chi connectivity index (χ3n) is 10.0. The van der Waals surface area contributed by atoms with E-state index in [1.807, 2.05) is 55.5 Å². The van der Waals surface area contributed by atoms with Crippen LogP contribution in [0.15, 0.2) is 73.1 Å². The Morgan fingerprint density at radius 1 is 0.764 bits per heavy atom. The van der Waals surface area contributed by atoms with E-state index in [2.05, 4.69) is 61.4 Å². The van der Waals surface area contributed by atoms with Gasteiger partial charge in [-0.1, -0.05) is 36.4 Å². The number of rotatable bonds is 11. The lowest BCUT2D eigenvalue weighted by Gasteiger charge is -2.26. The van der Waals surface area contributed by atoms with E-state index in [0.29, 0.717) is 24.8 Å². The number of benzene rings is 2. The average molecular weight is 745 g/mol. The molecule has 2 fully saturated rings. The van der Waals surface area contributed by atoms with Gasteiger partial charge in [0.2, 0.25) is 0 Å². The van der Waals surface area contributed by atoms with Crippen LogP contribution in [0.3, 0.4) is 0 Å². The predicted octanol–water partition coefficient (Wildman–Crippen LogP) is 5.72. The highest BCUT2D eigenvalue weighted by atomic mass is 16.5. The second kappa shape index (κ2) is 16.0. The number of anilines is 4. The van der Waals surface area contributed by atoms with E-state index in [1.54, 1.807) is 31.6 Å². The van der Waals surface area contributed by atoms with E-state index in [-0.39, 0.29) is 18.7 Å². The topological polar surface area (TPSA) is 190 Å². The highest BCUT2D eigenvalue weighted by Crippen LogP contribution is 2.30. The van der Waals surface area contributed by atoms with Crippen LogP contribution in [0.25, 0.3) is 32.9 Å². The summed E-state index contributed by atoms with van der Waals surface area (Å²) in [5.74, 6) is 2.55. The molecule has 2 saturated heterocycles. The lowest BCUT2D eigenvalue weighted by molar-refractivity contribution is 0.122. The second-order valence-electron chi connectivity index (χ2n) is 13.8. The minimum absolute atomic E-state index is 0.255. The summed E-state index contributed by atoms with van der Waals surface area (Å²) in [6.07, 6.45) is 5.78. The largest absolute Gasteiger partial charge is 0.382 e. The van der Waals surface area contributed by atoms with E-state index in [4.69, 9.17) is 9.47 Å². The molecular weight excluding hydrogens is 701 g/mol. The first-order chi connectivity index (χ1) is 26.9. The molecule has 16 heteroatoms. The number of H-pyrrole nitrogens is 2. The van der Waals surface area contributed by atoms with Crippen molar-refractivity contribution in [3.05, 3.63) is 84.2 Å². The third kappa shape index (κ3) is 8.00. The van der Waals surface area contributed by atoms with Crippen molar-refractivity contribution < 1.29 is 19.1 Å². The van der Waals surface area contributed by atoms with Gasteiger partial charge in [-0.15, -0.1) is 0 Å². The molecule has 8 rings (SSSR count). The van der Waals surface area contributed by atoms with Gasteiger partial charge in [0.05, 0.1) is 53.7 Å². The first kappa shape index (κ1) is 35.8. The van der Waals surface area contributed by atoms with Gasteiger partial charge in [0.1, 0.15) is 11.6 Å². The summed E-state index contributed by atoms with van der Waals surface area (Å²) in [5.41, 5.74) is 5.30. The number of carbonyl (C=O) groups is 2. The fourth-order valence-corrected chi connectivity index (χ4v) is 7.18. The number of nitrogens with one attached hydrogen (secondary N) is 6. The SMILES string of the molecule is COC[C@@H](NC(=O)Nc1cc2[nH]nc(N3CCOCC3)c2cn1)c1cccc(-c2cccc([C@@H](C)NC(=O)Nc3cc4[nH]nc(N5CCCC5)c4cn3)c2)c1. The van der Waals surface area contributed by atoms with Crippen LogP contribution in [0, 0.1) is 0 Å². The number of amides is 4. The second-order valence-corrected chi connectivity index (χ2v) is 13.8. The Bertz CT molecular complexity index is 2300. The normalized spacial score (nSPS) is 15.6. The van der Waals surface area contributed by atoms with Gasteiger partial charge < -0.3 is 29.9 Å². The number of nitrogens with zero attached hydrogens (tertiary/aromatic N) is 6. The van der Waals surface area contributed by atoms with E-state index in [9.17, 15) is 9.59 Å². The van der Waals surface area contributed by atoms with Crippen molar-refractivity contribution in [3.8, 4) is 11.1 Å². The van der Waals surface area contributed by atoms with Crippen molar-refractivity contribution >= 4 is 57.1 Å². The number of aromatic amines is 2. The van der Waals surface area contributed by atoms with Crippen LogP contribution in [0.5, 0.6) is 0 Å². The molecule has 4 amide bonds. The van der Waals surface area contributed by atoms with Crippen molar-refractivity contribution in [2.45, 2.75) is 31.8 Å². The van der Waals surface area contributed by atoms with E-state index >= 15 is 0 Å². The van der Waals surface area contributed by atoms with Crippen LogP contribution in [0.4, 0.5) is 32.9 Å². The summed E-state index contributed by atoms with van der Waals surface area (Å²) in [4.78, 5) is 39.6. The molecule has 2 aliphatic heterocycles. The van der Waals surface area contributed by atoms with Crippen LogP contribution in [0.1, 0.15) is 43.0 Å². The van der Waals surface area contributed by atoms with Crippen molar-refractivity contribution in [1.82, 2.24) is 41.0 Å². The molecule has 0 aliphatic carbocycles. The average Bonchev–Trinajstić information content (AvgIpc) is 3.98. The number of methoxy groups -OCH3 is 1. The molecule has 0 spiro atoms.